The van der Waals surface area contributed by atoms with Crippen LogP contribution in [0.4, 0.5) is 5.69 Å². The van der Waals surface area contributed by atoms with E-state index in [0.717, 1.165) is 12.8 Å². The standard InChI is InChI=1S/C15H19NO/c1-10-3-6-15(11(2)7-10)16-12-4-5-13(16)9-14(17)8-12/h3,6-7,12-13H,4-5,8-9H2,1-2H3. The molecule has 0 saturated carbocycles. The van der Waals surface area contributed by atoms with Crippen molar-refractivity contribution in [3.05, 3.63) is 29.3 Å². The van der Waals surface area contributed by atoms with E-state index in [9.17, 15) is 4.79 Å². The minimum Gasteiger partial charge on any atom is -0.364 e. The molecule has 0 N–H and O–H groups in total. The Labute approximate surface area is 103 Å². The van der Waals surface area contributed by atoms with Crippen LogP contribution >= 0.6 is 0 Å². The summed E-state index contributed by atoms with van der Waals surface area (Å²) in [6.45, 7) is 4.31. The molecule has 0 aromatic heterocycles. The molecule has 0 amide bonds. The van der Waals surface area contributed by atoms with Gasteiger partial charge in [0.1, 0.15) is 5.78 Å². The molecule has 1 aromatic rings. The van der Waals surface area contributed by atoms with Gasteiger partial charge in [0.2, 0.25) is 0 Å². The monoisotopic (exact) mass is 229 g/mol. The van der Waals surface area contributed by atoms with Gasteiger partial charge in [-0.05, 0) is 38.3 Å². The lowest BCUT2D eigenvalue weighted by Gasteiger charge is -2.37. The summed E-state index contributed by atoms with van der Waals surface area (Å²) in [6.07, 6.45) is 3.88. The van der Waals surface area contributed by atoms with Crippen molar-refractivity contribution in [3.63, 3.8) is 0 Å². The molecule has 17 heavy (non-hydrogen) atoms. The van der Waals surface area contributed by atoms with Crippen molar-refractivity contribution < 1.29 is 4.79 Å². The van der Waals surface area contributed by atoms with E-state index in [2.05, 4.69) is 36.9 Å². The fraction of sp³-hybridized carbons (Fsp3) is 0.533. The lowest BCUT2D eigenvalue weighted by molar-refractivity contribution is -0.120. The van der Waals surface area contributed by atoms with Crippen LogP contribution in [0.1, 0.15) is 36.8 Å². The van der Waals surface area contributed by atoms with E-state index in [1.165, 1.54) is 29.7 Å². The molecule has 90 valence electrons. The fourth-order valence-corrected chi connectivity index (χ4v) is 3.46. The van der Waals surface area contributed by atoms with Crippen molar-refractivity contribution in [1.29, 1.82) is 0 Å². The predicted molar refractivity (Wildman–Crippen MR) is 69.4 cm³/mol. The smallest absolute Gasteiger partial charge is 0.137 e. The summed E-state index contributed by atoms with van der Waals surface area (Å²) in [5.74, 6) is 0.457. The van der Waals surface area contributed by atoms with Crippen molar-refractivity contribution in [2.24, 2.45) is 0 Å². The highest BCUT2D eigenvalue weighted by Crippen LogP contribution is 2.39. The Balaban J connectivity index is 1.97. The van der Waals surface area contributed by atoms with Crippen LogP contribution in [0, 0.1) is 13.8 Å². The number of ketones is 1. The average molecular weight is 229 g/mol. The summed E-state index contributed by atoms with van der Waals surface area (Å²) in [5.41, 5.74) is 4.00. The number of carbonyl (C=O) groups excluding carboxylic acids is 1. The lowest BCUT2D eigenvalue weighted by Crippen LogP contribution is -2.43. The maximum atomic E-state index is 11.6. The second kappa shape index (κ2) is 3.86. The molecule has 2 unspecified atom stereocenters. The van der Waals surface area contributed by atoms with Crippen LogP contribution in [0.3, 0.4) is 0 Å². The molecule has 2 heteroatoms. The summed E-state index contributed by atoms with van der Waals surface area (Å²) in [7, 11) is 0. The zero-order valence-electron chi connectivity index (χ0n) is 10.6. The molecule has 2 heterocycles. The number of anilines is 1. The molecular weight excluding hydrogens is 210 g/mol. The number of aryl methyl sites for hydroxylation is 2. The number of hydrogen-bond acceptors (Lipinski definition) is 2. The van der Waals surface area contributed by atoms with E-state index < -0.39 is 0 Å². The highest BCUT2D eigenvalue weighted by atomic mass is 16.1. The molecule has 2 saturated heterocycles. The van der Waals surface area contributed by atoms with Crippen LogP contribution in [-0.4, -0.2) is 17.9 Å². The van der Waals surface area contributed by atoms with E-state index >= 15 is 0 Å². The molecule has 2 fully saturated rings. The second-order valence-electron chi connectivity index (χ2n) is 5.53. The first-order valence-electron chi connectivity index (χ1n) is 6.52. The Hall–Kier alpha value is -1.31. The Morgan fingerprint density at radius 2 is 1.76 bits per heavy atom. The van der Waals surface area contributed by atoms with Gasteiger partial charge >= 0.3 is 0 Å². The Kier molecular flexibility index (Phi) is 2.46. The number of benzene rings is 1. The first-order chi connectivity index (χ1) is 8.15. The van der Waals surface area contributed by atoms with Gasteiger partial charge in [-0.25, -0.2) is 0 Å². The molecular formula is C15H19NO. The largest absolute Gasteiger partial charge is 0.364 e. The zero-order valence-corrected chi connectivity index (χ0v) is 10.6. The molecule has 0 radical (unpaired) electrons. The number of nitrogens with zero attached hydrogens (tertiary/aromatic N) is 1. The van der Waals surface area contributed by atoms with Gasteiger partial charge in [-0.3, -0.25) is 4.79 Å². The third-order valence-corrected chi connectivity index (χ3v) is 4.18. The Morgan fingerprint density at radius 1 is 1.12 bits per heavy atom. The SMILES string of the molecule is Cc1ccc(N2C3CCC2CC(=O)C3)c(C)c1. The Morgan fingerprint density at radius 3 is 2.35 bits per heavy atom. The van der Waals surface area contributed by atoms with Gasteiger partial charge < -0.3 is 4.90 Å². The van der Waals surface area contributed by atoms with Gasteiger partial charge in [0.05, 0.1) is 0 Å². The number of piperidine rings is 1. The van der Waals surface area contributed by atoms with Crippen LogP contribution in [0.25, 0.3) is 0 Å². The molecule has 2 nitrogen and oxygen atoms in total. The lowest BCUT2D eigenvalue weighted by atomic mass is 9.99. The van der Waals surface area contributed by atoms with Gasteiger partial charge in [-0.1, -0.05) is 17.7 Å². The number of Topliss-reactive ketones (excluding diaryl/α,β-unsaturated/α-hetero) is 1. The van der Waals surface area contributed by atoms with Crippen molar-refractivity contribution >= 4 is 11.5 Å². The number of rotatable bonds is 1. The molecule has 2 aliphatic heterocycles. The van der Waals surface area contributed by atoms with Gasteiger partial charge in [0.15, 0.2) is 0 Å². The maximum absolute atomic E-state index is 11.6. The van der Waals surface area contributed by atoms with Gasteiger partial charge in [-0.2, -0.15) is 0 Å². The first kappa shape index (κ1) is 10.8. The summed E-state index contributed by atoms with van der Waals surface area (Å²) in [4.78, 5) is 14.1. The topological polar surface area (TPSA) is 20.3 Å². The zero-order chi connectivity index (χ0) is 12.0. The van der Waals surface area contributed by atoms with Crippen molar-refractivity contribution in [3.8, 4) is 0 Å². The molecule has 1 aromatic carbocycles. The summed E-state index contributed by atoms with van der Waals surface area (Å²) in [5, 5.41) is 0. The van der Waals surface area contributed by atoms with Crippen LogP contribution in [-0.2, 0) is 4.79 Å². The van der Waals surface area contributed by atoms with E-state index in [4.69, 9.17) is 0 Å². The highest BCUT2D eigenvalue weighted by molar-refractivity contribution is 5.83. The molecule has 2 atom stereocenters. The van der Waals surface area contributed by atoms with E-state index in [0.29, 0.717) is 17.9 Å². The average Bonchev–Trinajstić information content (AvgIpc) is 2.53. The summed E-state index contributed by atoms with van der Waals surface area (Å²) < 4.78 is 0. The first-order valence-corrected chi connectivity index (χ1v) is 6.52. The second-order valence-corrected chi connectivity index (χ2v) is 5.53. The van der Waals surface area contributed by atoms with Gasteiger partial charge in [-0.15, -0.1) is 0 Å². The molecule has 0 spiro atoms. The van der Waals surface area contributed by atoms with Crippen LogP contribution < -0.4 is 4.90 Å². The van der Waals surface area contributed by atoms with E-state index in [-0.39, 0.29) is 0 Å². The van der Waals surface area contributed by atoms with E-state index in [1.54, 1.807) is 0 Å². The van der Waals surface area contributed by atoms with Crippen LogP contribution in [0.5, 0.6) is 0 Å². The maximum Gasteiger partial charge on any atom is 0.137 e. The minimum absolute atomic E-state index is 0.457. The third kappa shape index (κ3) is 1.76. The van der Waals surface area contributed by atoms with E-state index in [1.807, 2.05) is 0 Å². The number of hydrogen-bond donors (Lipinski definition) is 0. The molecule has 2 aliphatic rings. The van der Waals surface area contributed by atoms with Crippen LogP contribution in [0.2, 0.25) is 0 Å². The normalized spacial score (nSPS) is 27.6. The fourth-order valence-electron chi connectivity index (χ4n) is 3.46. The van der Waals surface area contributed by atoms with Crippen molar-refractivity contribution in [2.75, 3.05) is 4.90 Å². The third-order valence-electron chi connectivity index (χ3n) is 4.18. The minimum atomic E-state index is 0.457. The highest BCUT2D eigenvalue weighted by Gasteiger charge is 2.40. The van der Waals surface area contributed by atoms with Gasteiger partial charge in [0.25, 0.3) is 0 Å². The number of carbonyl (C=O) groups is 1. The predicted octanol–water partition coefficient (Wildman–Crippen LogP) is 3.00. The Bertz CT molecular complexity index is 450. The summed E-state index contributed by atoms with van der Waals surface area (Å²) >= 11 is 0. The summed E-state index contributed by atoms with van der Waals surface area (Å²) in [6, 6.07) is 7.57. The van der Waals surface area contributed by atoms with Crippen molar-refractivity contribution in [2.45, 2.75) is 51.6 Å². The van der Waals surface area contributed by atoms with Crippen molar-refractivity contribution in [1.82, 2.24) is 0 Å². The number of fused-ring (bicyclic) bond motifs is 2. The molecule has 3 rings (SSSR count). The van der Waals surface area contributed by atoms with Crippen LogP contribution in [0.15, 0.2) is 18.2 Å². The molecule has 2 bridgehead atoms. The molecule has 0 aliphatic carbocycles. The van der Waals surface area contributed by atoms with Gasteiger partial charge in [0, 0.05) is 30.6 Å². The quantitative estimate of drug-likeness (QED) is 0.738.